The van der Waals surface area contributed by atoms with Crippen LogP contribution in [0, 0.1) is 12.8 Å². The Bertz CT molecular complexity index is 676. The molecule has 6 heteroatoms. The van der Waals surface area contributed by atoms with Crippen LogP contribution in [0.15, 0.2) is 48.9 Å². The van der Waals surface area contributed by atoms with Crippen LogP contribution in [0.2, 0.25) is 0 Å². The smallest absolute Gasteiger partial charge is 0.272 e. The Labute approximate surface area is 148 Å². The first-order valence-electron chi connectivity index (χ1n) is 8.28. The summed E-state index contributed by atoms with van der Waals surface area (Å²) in [6, 6.07) is 8.88. The van der Waals surface area contributed by atoms with Crippen molar-refractivity contribution in [1.29, 1.82) is 0 Å². The van der Waals surface area contributed by atoms with E-state index in [2.05, 4.69) is 27.5 Å². The number of carbonyl (C=O) groups excluding carboxylic acids is 2. The molecule has 1 radical (unpaired) electrons. The molecule has 2 amide bonds. The van der Waals surface area contributed by atoms with Crippen LogP contribution in [0.5, 0.6) is 0 Å². The second-order valence-corrected chi connectivity index (χ2v) is 5.95. The molecule has 1 unspecified atom stereocenters. The molecule has 6 nitrogen and oxygen atoms in total. The van der Waals surface area contributed by atoms with Crippen molar-refractivity contribution in [2.24, 2.45) is 5.92 Å². The Kier molecular flexibility index (Phi) is 7.07. The molecule has 0 saturated carbocycles. The van der Waals surface area contributed by atoms with Crippen molar-refractivity contribution in [2.45, 2.75) is 25.8 Å². The summed E-state index contributed by atoms with van der Waals surface area (Å²) in [7, 11) is 0. The Hall–Kier alpha value is -2.76. The van der Waals surface area contributed by atoms with Crippen LogP contribution in [0.4, 0.5) is 0 Å². The minimum atomic E-state index is -0.686. The second-order valence-electron chi connectivity index (χ2n) is 5.95. The van der Waals surface area contributed by atoms with Crippen molar-refractivity contribution < 1.29 is 9.59 Å². The third-order valence-electron chi connectivity index (χ3n) is 3.82. The molecule has 131 valence electrons. The van der Waals surface area contributed by atoms with E-state index >= 15 is 0 Å². The maximum atomic E-state index is 12.6. The SMILES string of the molecule is [CH2]CC(C)CNC(=O)[C@H](Cc1ccccc1)NC(=O)c1cnccn1. The van der Waals surface area contributed by atoms with Crippen molar-refractivity contribution in [3.8, 4) is 0 Å². The Morgan fingerprint density at radius 1 is 1.20 bits per heavy atom. The molecule has 2 N–H and O–H groups in total. The summed E-state index contributed by atoms with van der Waals surface area (Å²) in [5.41, 5.74) is 1.15. The lowest BCUT2D eigenvalue weighted by atomic mass is 10.0. The summed E-state index contributed by atoms with van der Waals surface area (Å²) in [5, 5.41) is 5.64. The first kappa shape index (κ1) is 18.6. The molecule has 1 heterocycles. The fraction of sp³-hybridized carbons (Fsp3) is 0.316. The van der Waals surface area contributed by atoms with Gasteiger partial charge in [0.15, 0.2) is 0 Å². The second kappa shape index (κ2) is 9.52. The van der Waals surface area contributed by atoms with Gasteiger partial charge in [0.1, 0.15) is 11.7 Å². The van der Waals surface area contributed by atoms with Crippen LogP contribution in [-0.4, -0.2) is 34.4 Å². The van der Waals surface area contributed by atoms with Crippen LogP contribution >= 0.6 is 0 Å². The van der Waals surface area contributed by atoms with Gasteiger partial charge in [-0.1, -0.05) is 44.2 Å². The maximum absolute atomic E-state index is 12.6. The number of hydrogen-bond acceptors (Lipinski definition) is 4. The van der Waals surface area contributed by atoms with Gasteiger partial charge in [-0.25, -0.2) is 4.98 Å². The van der Waals surface area contributed by atoms with E-state index in [1.807, 2.05) is 37.3 Å². The standard InChI is InChI=1S/C19H23N4O2/c1-3-14(2)12-22-18(24)16(11-15-7-5-4-6-8-15)23-19(25)17-13-20-9-10-21-17/h4-10,13-14,16H,1,3,11-12H2,2H3,(H,22,24)(H,23,25)/t14?,16-/m0/s1. The van der Waals surface area contributed by atoms with Gasteiger partial charge >= 0.3 is 0 Å². The number of carbonyl (C=O) groups is 2. The lowest BCUT2D eigenvalue weighted by Gasteiger charge is -2.19. The number of hydrogen-bond donors (Lipinski definition) is 2. The molecular weight excluding hydrogens is 316 g/mol. The monoisotopic (exact) mass is 339 g/mol. The normalized spacial score (nSPS) is 12.9. The number of benzene rings is 1. The number of amides is 2. The van der Waals surface area contributed by atoms with E-state index in [0.29, 0.717) is 13.0 Å². The molecule has 0 bridgehead atoms. The molecule has 2 rings (SSSR count). The van der Waals surface area contributed by atoms with Gasteiger partial charge in [0, 0.05) is 25.4 Å². The van der Waals surface area contributed by atoms with E-state index in [0.717, 1.165) is 12.0 Å². The lowest BCUT2D eigenvalue weighted by Crippen LogP contribution is -2.49. The molecule has 0 aliphatic heterocycles. The maximum Gasteiger partial charge on any atom is 0.272 e. The Morgan fingerprint density at radius 3 is 2.60 bits per heavy atom. The van der Waals surface area contributed by atoms with Crippen LogP contribution in [0.25, 0.3) is 0 Å². The van der Waals surface area contributed by atoms with Crippen LogP contribution in [0.1, 0.15) is 29.4 Å². The van der Waals surface area contributed by atoms with Gasteiger partial charge < -0.3 is 10.6 Å². The van der Waals surface area contributed by atoms with Crippen LogP contribution in [0.3, 0.4) is 0 Å². The number of rotatable bonds is 8. The molecule has 0 saturated heterocycles. The molecular formula is C19H23N4O2. The summed E-state index contributed by atoms with van der Waals surface area (Å²) >= 11 is 0. The lowest BCUT2D eigenvalue weighted by molar-refractivity contribution is -0.123. The van der Waals surface area contributed by atoms with E-state index in [1.54, 1.807) is 0 Å². The van der Waals surface area contributed by atoms with Gasteiger partial charge in [-0.2, -0.15) is 0 Å². The molecule has 0 spiro atoms. The van der Waals surface area contributed by atoms with E-state index in [1.165, 1.54) is 18.6 Å². The molecule has 0 aliphatic rings. The highest BCUT2D eigenvalue weighted by molar-refractivity contribution is 5.95. The summed E-state index contributed by atoms with van der Waals surface area (Å²) in [4.78, 5) is 32.7. The third-order valence-corrected chi connectivity index (χ3v) is 3.82. The van der Waals surface area contributed by atoms with Crippen molar-refractivity contribution in [3.05, 3.63) is 67.1 Å². The van der Waals surface area contributed by atoms with Gasteiger partial charge in [-0.3, -0.25) is 14.6 Å². The minimum absolute atomic E-state index is 0.180. The first-order chi connectivity index (χ1) is 12.1. The van der Waals surface area contributed by atoms with Gasteiger partial charge in [0.2, 0.25) is 5.91 Å². The molecule has 25 heavy (non-hydrogen) atoms. The Balaban J connectivity index is 2.08. The molecule has 2 aromatic rings. The van der Waals surface area contributed by atoms with Crippen molar-refractivity contribution in [1.82, 2.24) is 20.6 Å². The zero-order valence-electron chi connectivity index (χ0n) is 14.3. The number of nitrogens with zero attached hydrogens (tertiary/aromatic N) is 2. The highest BCUT2D eigenvalue weighted by atomic mass is 16.2. The summed E-state index contributed by atoms with van der Waals surface area (Å²) in [5.74, 6) is -0.368. The topological polar surface area (TPSA) is 84.0 Å². The van der Waals surface area contributed by atoms with E-state index in [4.69, 9.17) is 0 Å². The Morgan fingerprint density at radius 2 is 1.96 bits per heavy atom. The zero-order valence-corrected chi connectivity index (χ0v) is 14.3. The quantitative estimate of drug-likeness (QED) is 0.768. The summed E-state index contributed by atoms with van der Waals surface area (Å²) < 4.78 is 0. The predicted molar refractivity (Wildman–Crippen MR) is 95.6 cm³/mol. The molecule has 1 aromatic carbocycles. The minimum Gasteiger partial charge on any atom is -0.354 e. The fourth-order valence-corrected chi connectivity index (χ4v) is 2.21. The average molecular weight is 339 g/mol. The number of nitrogens with one attached hydrogen (secondary N) is 2. The fourth-order valence-electron chi connectivity index (χ4n) is 2.21. The predicted octanol–water partition coefficient (Wildman–Crippen LogP) is 1.79. The third kappa shape index (κ3) is 5.99. The molecule has 0 aliphatic carbocycles. The first-order valence-corrected chi connectivity index (χ1v) is 8.28. The summed E-state index contributed by atoms with van der Waals surface area (Å²) in [6.45, 7) is 6.36. The zero-order chi connectivity index (χ0) is 18.1. The van der Waals surface area contributed by atoms with Gasteiger partial charge in [-0.15, -0.1) is 0 Å². The van der Waals surface area contributed by atoms with Crippen LogP contribution < -0.4 is 10.6 Å². The molecule has 1 aromatic heterocycles. The van der Waals surface area contributed by atoms with E-state index < -0.39 is 11.9 Å². The van der Waals surface area contributed by atoms with E-state index in [-0.39, 0.29) is 17.5 Å². The van der Waals surface area contributed by atoms with Crippen molar-refractivity contribution in [2.75, 3.05) is 6.54 Å². The highest BCUT2D eigenvalue weighted by Crippen LogP contribution is 2.05. The average Bonchev–Trinajstić information content (AvgIpc) is 2.66. The van der Waals surface area contributed by atoms with E-state index in [9.17, 15) is 9.59 Å². The largest absolute Gasteiger partial charge is 0.354 e. The van der Waals surface area contributed by atoms with Crippen molar-refractivity contribution in [3.63, 3.8) is 0 Å². The van der Waals surface area contributed by atoms with Crippen LogP contribution in [-0.2, 0) is 11.2 Å². The molecule has 2 atom stereocenters. The van der Waals surface area contributed by atoms with Gasteiger partial charge in [0.25, 0.3) is 5.91 Å². The van der Waals surface area contributed by atoms with Gasteiger partial charge in [-0.05, 0) is 17.9 Å². The summed E-state index contributed by atoms with van der Waals surface area (Å²) in [6.07, 6.45) is 5.44. The highest BCUT2D eigenvalue weighted by Gasteiger charge is 2.22. The van der Waals surface area contributed by atoms with Crippen molar-refractivity contribution >= 4 is 11.8 Å². The number of aromatic nitrogens is 2. The molecule has 0 fully saturated rings. The van der Waals surface area contributed by atoms with Gasteiger partial charge in [0.05, 0.1) is 6.20 Å².